The molecule has 0 aliphatic carbocycles. The van der Waals surface area contributed by atoms with Crippen LogP contribution in [-0.4, -0.2) is 28.3 Å². The predicted molar refractivity (Wildman–Crippen MR) is 139 cm³/mol. The fourth-order valence-corrected chi connectivity index (χ4v) is 4.44. The SMILES string of the molecule is CCCCCCOc1ccc(/C=c2/sc3nc(/C=C/c4ccc(C)cc4)nn3c2=O)cc1OC. The van der Waals surface area contributed by atoms with Crippen molar-refractivity contribution in [3.05, 3.63) is 79.9 Å². The van der Waals surface area contributed by atoms with Gasteiger partial charge in [0.05, 0.1) is 18.2 Å². The molecule has 6 nitrogen and oxygen atoms in total. The van der Waals surface area contributed by atoms with Crippen LogP contribution in [0.5, 0.6) is 11.5 Å². The summed E-state index contributed by atoms with van der Waals surface area (Å²) in [6, 6.07) is 13.9. The lowest BCUT2D eigenvalue weighted by Crippen LogP contribution is -2.23. The quantitative estimate of drug-likeness (QED) is 0.297. The van der Waals surface area contributed by atoms with Crippen molar-refractivity contribution in [3.8, 4) is 11.5 Å². The van der Waals surface area contributed by atoms with Crippen molar-refractivity contribution in [2.24, 2.45) is 0 Å². The minimum atomic E-state index is -0.183. The molecule has 176 valence electrons. The van der Waals surface area contributed by atoms with Gasteiger partial charge in [-0.15, -0.1) is 5.10 Å². The molecule has 0 unspecified atom stereocenters. The molecular weight excluding hydrogens is 446 g/mol. The van der Waals surface area contributed by atoms with Gasteiger partial charge in [0, 0.05) is 0 Å². The highest BCUT2D eigenvalue weighted by atomic mass is 32.1. The standard InChI is InChI=1S/C27H29N3O3S/c1-4-5-6-7-16-33-22-14-12-21(17-23(22)32-3)18-24-26(31)30-27(34-24)28-25(29-30)15-13-20-10-8-19(2)9-11-20/h8-15,17-18H,4-7,16H2,1-3H3/b15-13+,24-18+. The highest BCUT2D eigenvalue weighted by molar-refractivity contribution is 7.15. The van der Waals surface area contributed by atoms with Crippen molar-refractivity contribution in [1.29, 1.82) is 0 Å². The van der Waals surface area contributed by atoms with Gasteiger partial charge in [0.25, 0.3) is 5.56 Å². The molecule has 4 aromatic rings. The first-order valence-corrected chi connectivity index (χ1v) is 12.4. The maximum atomic E-state index is 12.9. The molecule has 2 aromatic heterocycles. The number of nitrogens with zero attached hydrogens (tertiary/aromatic N) is 3. The molecule has 0 fully saturated rings. The molecule has 0 N–H and O–H groups in total. The molecule has 34 heavy (non-hydrogen) atoms. The zero-order chi connectivity index (χ0) is 23.9. The van der Waals surface area contributed by atoms with Gasteiger partial charge in [-0.2, -0.15) is 9.50 Å². The first kappa shape index (κ1) is 23.7. The average molecular weight is 476 g/mol. The number of ether oxygens (including phenoxy) is 2. The largest absolute Gasteiger partial charge is 0.493 e. The molecule has 0 amide bonds. The first-order valence-electron chi connectivity index (χ1n) is 11.5. The Labute approximate surface area is 203 Å². The number of hydrogen-bond acceptors (Lipinski definition) is 6. The summed E-state index contributed by atoms with van der Waals surface area (Å²) < 4.78 is 13.3. The van der Waals surface area contributed by atoms with Crippen LogP contribution in [0.4, 0.5) is 0 Å². The van der Waals surface area contributed by atoms with Crippen LogP contribution >= 0.6 is 11.3 Å². The minimum Gasteiger partial charge on any atom is -0.493 e. The number of hydrogen-bond donors (Lipinski definition) is 0. The number of aromatic nitrogens is 3. The summed E-state index contributed by atoms with van der Waals surface area (Å²) in [4.78, 5) is 17.9. The highest BCUT2D eigenvalue weighted by Crippen LogP contribution is 2.28. The second-order valence-electron chi connectivity index (χ2n) is 8.14. The molecule has 4 rings (SSSR count). The van der Waals surface area contributed by atoms with Crippen LogP contribution in [-0.2, 0) is 0 Å². The Balaban J connectivity index is 1.51. The third-order valence-corrected chi connectivity index (χ3v) is 6.40. The number of fused-ring (bicyclic) bond motifs is 1. The predicted octanol–water partition coefficient (Wildman–Crippen LogP) is 5.15. The molecule has 0 atom stereocenters. The molecule has 2 heterocycles. The normalized spacial score (nSPS) is 12.1. The first-order chi connectivity index (χ1) is 16.6. The van der Waals surface area contributed by atoms with Crippen molar-refractivity contribution in [2.75, 3.05) is 13.7 Å². The van der Waals surface area contributed by atoms with Crippen LogP contribution in [0.25, 0.3) is 23.2 Å². The van der Waals surface area contributed by atoms with E-state index in [1.807, 2.05) is 48.6 Å². The van der Waals surface area contributed by atoms with Crippen molar-refractivity contribution in [1.82, 2.24) is 14.6 Å². The number of rotatable bonds is 10. The monoisotopic (exact) mass is 475 g/mol. The van der Waals surface area contributed by atoms with Crippen LogP contribution < -0.4 is 19.6 Å². The van der Waals surface area contributed by atoms with Gasteiger partial charge < -0.3 is 9.47 Å². The zero-order valence-corrected chi connectivity index (χ0v) is 20.6. The number of unbranched alkanes of at least 4 members (excludes halogenated alkanes) is 3. The average Bonchev–Trinajstić information content (AvgIpc) is 3.37. The second-order valence-corrected chi connectivity index (χ2v) is 9.15. The summed E-state index contributed by atoms with van der Waals surface area (Å²) in [6.07, 6.45) is 10.2. The van der Waals surface area contributed by atoms with E-state index in [1.54, 1.807) is 7.11 Å². The summed E-state index contributed by atoms with van der Waals surface area (Å²) in [7, 11) is 1.62. The highest BCUT2D eigenvalue weighted by Gasteiger charge is 2.10. The molecule has 0 aliphatic rings. The number of methoxy groups -OCH3 is 1. The maximum absolute atomic E-state index is 12.9. The van der Waals surface area contributed by atoms with Gasteiger partial charge in [0.2, 0.25) is 4.96 Å². The van der Waals surface area contributed by atoms with E-state index in [1.165, 1.54) is 34.3 Å². The van der Waals surface area contributed by atoms with Crippen LogP contribution in [0.3, 0.4) is 0 Å². The summed E-state index contributed by atoms with van der Waals surface area (Å²) in [5.41, 5.74) is 2.94. The Bertz CT molecular complexity index is 1390. The van der Waals surface area contributed by atoms with Gasteiger partial charge in [0.15, 0.2) is 17.3 Å². The molecule has 0 saturated heterocycles. The second kappa shape index (κ2) is 11.1. The lowest BCUT2D eigenvalue weighted by Gasteiger charge is -2.11. The Morgan fingerprint density at radius 2 is 1.79 bits per heavy atom. The van der Waals surface area contributed by atoms with E-state index < -0.39 is 0 Å². The van der Waals surface area contributed by atoms with Crippen LogP contribution in [0.1, 0.15) is 55.1 Å². The Kier molecular flexibility index (Phi) is 7.75. The van der Waals surface area contributed by atoms with Crippen molar-refractivity contribution < 1.29 is 9.47 Å². The Hall–Kier alpha value is -3.45. The zero-order valence-electron chi connectivity index (χ0n) is 19.8. The minimum absolute atomic E-state index is 0.183. The summed E-state index contributed by atoms with van der Waals surface area (Å²) >= 11 is 1.32. The van der Waals surface area contributed by atoms with Gasteiger partial charge in [-0.1, -0.05) is 79.5 Å². The van der Waals surface area contributed by atoms with Gasteiger partial charge >= 0.3 is 0 Å². The number of benzene rings is 2. The maximum Gasteiger partial charge on any atom is 0.291 e. The molecule has 0 spiro atoms. The van der Waals surface area contributed by atoms with E-state index in [9.17, 15) is 4.79 Å². The topological polar surface area (TPSA) is 65.7 Å². The summed E-state index contributed by atoms with van der Waals surface area (Å²) in [6.45, 7) is 4.91. The molecule has 0 aliphatic heterocycles. The molecule has 0 radical (unpaired) electrons. The molecular formula is C27H29N3O3S. The summed E-state index contributed by atoms with van der Waals surface area (Å²) in [5, 5.41) is 4.36. The van der Waals surface area contributed by atoms with Crippen LogP contribution in [0.2, 0.25) is 0 Å². The van der Waals surface area contributed by atoms with E-state index in [4.69, 9.17) is 9.47 Å². The molecule has 7 heteroatoms. The van der Waals surface area contributed by atoms with E-state index >= 15 is 0 Å². The lowest BCUT2D eigenvalue weighted by molar-refractivity contribution is 0.285. The number of thiazole rings is 1. The van der Waals surface area contributed by atoms with Crippen LogP contribution in [0.15, 0.2) is 47.3 Å². The molecule has 0 saturated carbocycles. The van der Waals surface area contributed by atoms with E-state index in [0.717, 1.165) is 24.0 Å². The smallest absolute Gasteiger partial charge is 0.291 e. The third kappa shape index (κ3) is 5.72. The van der Waals surface area contributed by atoms with Crippen molar-refractivity contribution >= 4 is 34.5 Å². The molecule has 0 bridgehead atoms. The molecule has 2 aromatic carbocycles. The van der Waals surface area contributed by atoms with Gasteiger partial charge in [-0.05, 0) is 48.8 Å². The van der Waals surface area contributed by atoms with Gasteiger partial charge in [-0.25, -0.2) is 0 Å². The fourth-order valence-electron chi connectivity index (χ4n) is 3.52. The van der Waals surface area contributed by atoms with Gasteiger partial charge in [-0.3, -0.25) is 4.79 Å². The van der Waals surface area contributed by atoms with Crippen LogP contribution in [0, 0.1) is 6.92 Å². The third-order valence-electron chi connectivity index (χ3n) is 5.44. The fraction of sp³-hybridized carbons (Fsp3) is 0.296. The van der Waals surface area contributed by atoms with Crippen molar-refractivity contribution in [3.63, 3.8) is 0 Å². The van der Waals surface area contributed by atoms with Crippen molar-refractivity contribution in [2.45, 2.75) is 39.5 Å². The Morgan fingerprint density at radius 1 is 1.00 bits per heavy atom. The van der Waals surface area contributed by atoms with Gasteiger partial charge in [0.1, 0.15) is 0 Å². The number of aryl methyl sites for hydroxylation is 1. The summed E-state index contributed by atoms with van der Waals surface area (Å²) in [5.74, 6) is 1.88. The van der Waals surface area contributed by atoms with E-state index in [-0.39, 0.29) is 5.56 Å². The van der Waals surface area contributed by atoms with E-state index in [2.05, 4.69) is 36.1 Å². The lowest BCUT2D eigenvalue weighted by atomic mass is 10.1. The Morgan fingerprint density at radius 3 is 2.53 bits per heavy atom. The van der Waals surface area contributed by atoms with E-state index in [0.29, 0.717) is 33.4 Å².